The maximum atomic E-state index is 13.5. The van der Waals surface area contributed by atoms with Gasteiger partial charge < -0.3 is 9.73 Å². The molecule has 0 saturated heterocycles. The van der Waals surface area contributed by atoms with Crippen LogP contribution in [0.3, 0.4) is 0 Å². The number of carbonyl (C=O) groups excluding carboxylic acids is 1. The third kappa shape index (κ3) is 2.76. The van der Waals surface area contributed by atoms with E-state index in [1.807, 2.05) is 0 Å². The lowest BCUT2D eigenvalue weighted by molar-refractivity contribution is -0.115. The summed E-state index contributed by atoms with van der Waals surface area (Å²) in [5, 5.41) is 3.02. The zero-order chi connectivity index (χ0) is 14.8. The zero-order valence-electron chi connectivity index (χ0n) is 10.9. The lowest BCUT2D eigenvalue weighted by Crippen LogP contribution is -2.15. The largest absolute Gasteiger partial charge is 0.464 e. The van der Waals surface area contributed by atoms with Crippen LogP contribution in [0.2, 0.25) is 0 Å². The molecule has 0 unspecified atom stereocenters. The third-order valence-electron chi connectivity index (χ3n) is 3.11. The number of hydrogen-bond acceptors (Lipinski definition) is 2. The first kappa shape index (κ1) is 13.3. The molecule has 0 aliphatic carbocycles. The highest BCUT2D eigenvalue weighted by Gasteiger charge is 2.12. The number of carbonyl (C=O) groups is 1. The lowest BCUT2D eigenvalue weighted by atomic mass is 10.1. The van der Waals surface area contributed by atoms with Gasteiger partial charge in [0.1, 0.15) is 17.2 Å². The Hall–Kier alpha value is -2.69. The van der Waals surface area contributed by atoms with Gasteiger partial charge in [0.05, 0.1) is 18.4 Å². The Balaban J connectivity index is 1.80. The van der Waals surface area contributed by atoms with E-state index in [-0.39, 0.29) is 12.1 Å². The smallest absolute Gasteiger partial charge is 0.229 e. The number of nitrogens with one attached hydrogen (secondary N) is 1. The minimum Gasteiger partial charge on any atom is -0.464 e. The predicted octanol–water partition coefficient (Wildman–Crippen LogP) is 3.89. The highest BCUT2D eigenvalue weighted by Crippen LogP contribution is 2.23. The van der Waals surface area contributed by atoms with Crippen molar-refractivity contribution in [3.05, 3.63) is 65.9 Å². The van der Waals surface area contributed by atoms with Gasteiger partial charge in [0.15, 0.2) is 0 Å². The van der Waals surface area contributed by atoms with Gasteiger partial charge in [-0.3, -0.25) is 4.79 Å². The van der Waals surface area contributed by atoms with Gasteiger partial charge in [-0.05, 0) is 30.3 Å². The molecule has 1 aromatic heterocycles. The molecule has 0 aliphatic rings. The second-order valence-corrected chi connectivity index (χ2v) is 4.61. The second kappa shape index (κ2) is 5.36. The summed E-state index contributed by atoms with van der Waals surface area (Å²) in [6, 6.07) is 10.00. The van der Waals surface area contributed by atoms with Gasteiger partial charge in [-0.15, -0.1) is 0 Å². The van der Waals surface area contributed by atoms with Crippen molar-refractivity contribution in [2.45, 2.75) is 6.42 Å². The van der Waals surface area contributed by atoms with E-state index in [2.05, 4.69) is 5.32 Å². The van der Waals surface area contributed by atoms with E-state index in [0.29, 0.717) is 16.5 Å². The van der Waals surface area contributed by atoms with E-state index in [4.69, 9.17) is 4.42 Å². The molecular weight excluding hydrogens is 276 g/mol. The topological polar surface area (TPSA) is 42.2 Å². The molecule has 3 rings (SSSR count). The Morgan fingerprint density at radius 2 is 1.95 bits per heavy atom. The molecule has 1 amide bonds. The highest BCUT2D eigenvalue weighted by atomic mass is 19.1. The van der Waals surface area contributed by atoms with E-state index in [1.54, 1.807) is 6.07 Å². The molecule has 0 spiro atoms. The lowest BCUT2D eigenvalue weighted by Gasteiger charge is -2.05. The molecule has 3 nitrogen and oxygen atoms in total. The van der Waals surface area contributed by atoms with E-state index in [0.717, 1.165) is 0 Å². The number of benzene rings is 2. The average Bonchev–Trinajstić information content (AvgIpc) is 2.84. The van der Waals surface area contributed by atoms with E-state index < -0.39 is 17.5 Å². The maximum Gasteiger partial charge on any atom is 0.229 e. The normalized spacial score (nSPS) is 10.8. The minimum absolute atomic E-state index is 0.0230. The van der Waals surface area contributed by atoms with Gasteiger partial charge in [-0.1, -0.05) is 12.1 Å². The first-order chi connectivity index (χ1) is 10.1. The van der Waals surface area contributed by atoms with Gasteiger partial charge in [0.2, 0.25) is 5.91 Å². The van der Waals surface area contributed by atoms with Crippen molar-refractivity contribution >= 4 is 22.6 Å². The summed E-state index contributed by atoms with van der Waals surface area (Å²) < 4.78 is 31.9. The summed E-state index contributed by atoms with van der Waals surface area (Å²) in [6.45, 7) is 0. The van der Waals surface area contributed by atoms with Crippen molar-refractivity contribution in [2.24, 2.45) is 0 Å². The fourth-order valence-corrected chi connectivity index (χ4v) is 2.12. The van der Waals surface area contributed by atoms with Gasteiger partial charge in [-0.25, -0.2) is 8.78 Å². The molecule has 1 heterocycles. The van der Waals surface area contributed by atoms with Crippen molar-refractivity contribution < 1.29 is 18.0 Å². The van der Waals surface area contributed by atoms with Crippen LogP contribution in [0.25, 0.3) is 11.0 Å². The Kier molecular flexibility index (Phi) is 3.39. The van der Waals surface area contributed by atoms with E-state index in [9.17, 15) is 13.6 Å². The molecule has 2 aromatic carbocycles. The Labute approximate surface area is 119 Å². The summed E-state index contributed by atoms with van der Waals surface area (Å²) in [4.78, 5) is 11.9. The van der Waals surface area contributed by atoms with E-state index in [1.165, 1.54) is 42.7 Å². The number of hydrogen-bond donors (Lipinski definition) is 1. The molecule has 0 fully saturated rings. The summed E-state index contributed by atoms with van der Waals surface area (Å²) in [7, 11) is 0. The van der Waals surface area contributed by atoms with Crippen molar-refractivity contribution in [1.29, 1.82) is 0 Å². The van der Waals surface area contributed by atoms with Crippen molar-refractivity contribution in [3.8, 4) is 0 Å². The van der Waals surface area contributed by atoms with Crippen LogP contribution in [0, 0.1) is 11.6 Å². The van der Waals surface area contributed by atoms with Crippen LogP contribution in [-0.2, 0) is 11.2 Å². The highest BCUT2D eigenvalue weighted by molar-refractivity contribution is 5.95. The molecule has 0 radical (unpaired) electrons. The number of para-hydroxylation sites is 1. The Bertz CT molecular complexity index is 811. The molecule has 0 aliphatic heterocycles. The number of fused-ring (bicyclic) bond motifs is 1. The molecule has 0 bridgehead atoms. The molecule has 5 heteroatoms. The third-order valence-corrected chi connectivity index (χ3v) is 3.11. The van der Waals surface area contributed by atoms with Gasteiger partial charge in [-0.2, -0.15) is 0 Å². The monoisotopic (exact) mass is 287 g/mol. The molecule has 21 heavy (non-hydrogen) atoms. The van der Waals surface area contributed by atoms with Gasteiger partial charge in [0.25, 0.3) is 0 Å². The summed E-state index contributed by atoms with van der Waals surface area (Å²) in [5.41, 5.74) is 1.17. The van der Waals surface area contributed by atoms with Crippen molar-refractivity contribution in [1.82, 2.24) is 0 Å². The molecule has 3 aromatic rings. The molecule has 106 valence electrons. The van der Waals surface area contributed by atoms with Crippen LogP contribution in [-0.4, -0.2) is 5.91 Å². The summed E-state index contributed by atoms with van der Waals surface area (Å²) >= 11 is 0. The summed E-state index contributed by atoms with van der Waals surface area (Å²) in [6.07, 6.45) is 1.38. The van der Waals surface area contributed by atoms with Crippen LogP contribution < -0.4 is 5.32 Å². The zero-order valence-corrected chi connectivity index (χ0v) is 10.9. The number of amides is 1. The first-order valence-corrected chi connectivity index (χ1v) is 6.33. The van der Waals surface area contributed by atoms with Crippen LogP contribution in [0.1, 0.15) is 5.56 Å². The molecule has 0 saturated carbocycles. The van der Waals surface area contributed by atoms with Gasteiger partial charge in [0, 0.05) is 10.9 Å². The Morgan fingerprint density at radius 3 is 2.76 bits per heavy atom. The Morgan fingerprint density at radius 1 is 1.14 bits per heavy atom. The molecule has 1 N–H and O–H groups in total. The fourth-order valence-electron chi connectivity index (χ4n) is 2.12. The first-order valence-electron chi connectivity index (χ1n) is 6.33. The van der Waals surface area contributed by atoms with Gasteiger partial charge >= 0.3 is 0 Å². The molecular formula is C16H11F2NO2. The molecule has 0 atom stereocenters. The number of anilines is 1. The number of halogens is 2. The second-order valence-electron chi connectivity index (χ2n) is 4.61. The van der Waals surface area contributed by atoms with E-state index >= 15 is 0 Å². The fraction of sp³-hybridized carbons (Fsp3) is 0.0625. The summed E-state index contributed by atoms with van der Waals surface area (Å²) in [5.74, 6) is -1.30. The average molecular weight is 287 g/mol. The van der Waals surface area contributed by atoms with Crippen molar-refractivity contribution in [2.75, 3.05) is 5.32 Å². The predicted molar refractivity (Wildman–Crippen MR) is 74.9 cm³/mol. The van der Waals surface area contributed by atoms with Crippen LogP contribution in [0.5, 0.6) is 0 Å². The standard InChI is InChI=1S/C16H11F2NO2/c17-11-5-6-15-12(8-11)10(9-21-15)7-16(20)19-14-4-2-1-3-13(14)18/h1-6,8-9H,7H2,(H,19,20). The minimum atomic E-state index is -0.506. The van der Waals surface area contributed by atoms with Crippen LogP contribution in [0.4, 0.5) is 14.5 Å². The number of rotatable bonds is 3. The van der Waals surface area contributed by atoms with Crippen LogP contribution in [0.15, 0.2) is 53.1 Å². The van der Waals surface area contributed by atoms with Crippen LogP contribution >= 0.6 is 0 Å². The SMILES string of the molecule is O=C(Cc1coc2ccc(F)cc12)Nc1ccccc1F. The number of furan rings is 1. The van der Waals surface area contributed by atoms with Crippen molar-refractivity contribution in [3.63, 3.8) is 0 Å². The quantitative estimate of drug-likeness (QED) is 0.794. The maximum absolute atomic E-state index is 13.5.